The predicted octanol–water partition coefficient (Wildman–Crippen LogP) is 2.13. The van der Waals surface area contributed by atoms with Crippen LogP contribution in [0.4, 0.5) is 0 Å². The van der Waals surface area contributed by atoms with Gasteiger partial charge in [0, 0.05) is 67.1 Å². The molecule has 2 saturated heterocycles. The van der Waals surface area contributed by atoms with Crippen molar-refractivity contribution in [1.29, 1.82) is 0 Å². The molecular formula is C21H34N2O3S. The molecule has 1 aromatic rings. The van der Waals surface area contributed by atoms with Crippen LogP contribution in [0.25, 0.3) is 0 Å². The average molecular weight is 395 g/mol. The molecule has 0 aliphatic carbocycles. The van der Waals surface area contributed by atoms with Gasteiger partial charge in [0.25, 0.3) is 0 Å². The first-order valence-corrected chi connectivity index (χ1v) is 11.6. The number of hydrogen-bond donors (Lipinski definition) is 0. The minimum atomic E-state index is -0.594. The molecule has 27 heavy (non-hydrogen) atoms. The van der Waals surface area contributed by atoms with Gasteiger partial charge in [-0.05, 0) is 51.1 Å². The van der Waals surface area contributed by atoms with Crippen LogP contribution in [0.5, 0.6) is 5.75 Å². The summed E-state index contributed by atoms with van der Waals surface area (Å²) in [6, 6.07) is 8.71. The fourth-order valence-corrected chi connectivity index (χ4v) is 5.32. The van der Waals surface area contributed by atoms with Crippen molar-refractivity contribution in [2.45, 2.75) is 24.7 Å². The van der Waals surface area contributed by atoms with E-state index in [1.807, 2.05) is 0 Å². The van der Waals surface area contributed by atoms with Crippen molar-refractivity contribution in [3.05, 3.63) is 29.8 Å². The summed E-state index contributed by atoms with van der Waals surface area (Å²) >= 11 is 0. The van der Waals surface area contributed by atoms with Crippen molar-refractivity contribution >= 4 is 10.8 Å². The fourth-order valence-electron chi connectivity index (χ4n) is 4.19. The zero-order valence-electron chi connectivity index (χ0n) is 16.8. The van der Waals surface area contributed by atoms with Gasteiger partial charge in [0.2, 0.25) is 0 Å². The SMILES string of the molecule is CN(C)CC1(c2ccc(OCCCN3CCS(=O)CC3)cc2)CCOCC1. The first kappa shape index (κ1) is 20.8. The smallest absolute Gasteiger partial charge is 0.119 e. The molecule has 0 atom stereocenters. The number of ether oxygens (including phenoxy) is 2. The molecular weight excluding hydrogens is 360 g/mol. The minimum absolute atomic E-state index is 0.189. The monoisotopic (exact) mass is 394 g/mol. The molecule has 2 aliphatic rings. The van der Waals surface area contributed by atoms with Gasteiger partial charge in [-0.25, -0.2) is 0 Å². The summed E-state index contributed by atoms with van der Waals surface area (Å²) < 4.78 is 23.0. The summed E-state index contributed by atoms with van der Waals surface area (Å²) in [4.78, 5) is 4.68. The molecule has 0 bridgehead atoms. The molecule has 6 heteroatoms. The number of nitrogens with zero attached hydrogens (tertiary/aromatic N) is 2. The molecule has 2 fully saturated rings. The molecule has 0 saturated carbocycles. The summed E-state index contributed by atoms with van der Waals surface area (Å²) in [6.07, 6.45) is 3.16. The normalized spacial score (nSPS) is 21.4. The van der Waals surface area contributed by atoms with Crippen LogP contribution in [0.3, 0.4) is 0 Å². The van der Waals surface area contributed by atoms with E-state index in [1.165, 1.54) is 5.56 Å². The van der Waals surface area contributed by atoms with Crippen molar-refractivity contribution in [2.24, 2.45) is 0 Å². The standard InChI is InChI=1S/C21H34N2O3S/c1-22(2)18-21(8-14-25-15-9-21)19-4-6-20(7-5-19)26-13-3-10-23-11-16-27(24)17-12-23/h4-7H,3,8-18H2,1-2H3. The highest BCUT2D eigenvalue weighted by Gasteiger charge is 2.34. The lowest BCUT2D eigenvalue weighted by Gasteiger charge is -2.39. The van der Waals surface area contributed by atoms with Crippen molar-refractivity contribution in [1.82, 2.24) is 9.80 Å². The van der Waals surface area contributed by atoms with Crippen LogP contribution in [0, 0.1) is 0 Å². The molecule has 2 heterocycles. The van der Waals surface area contributed by atoms with Crippen molar-refractivity contribution in [2.75, 3.05) is 71.6 Å². The Kier molecular flexibility index (Phi) is 7.70. The summed E-state index contributed by atoms with van der Waals surface area (Å²) in [7, 11) is 3.70. The maximum Gasteiger partial charge on any atom is 0.119 e. The van der Waals surface area contributed by atoms with Gasteiger partial charge in [-0.2, -0.15) is 0 Å². The van der Waals surface area contributed by atoms with E-state index in [-0.39, 0.29) is 5.41 Å². The van der Waals surface area contributed by atoms with E-state index in [0.717, 1.165) is 82.5 Å². The second kappa shape index (κ2) is 10.0. The molecule has 2 aliphatic heterocycles. The molecule has 0 aromatic heterocycles. The second-order valence-corrected chi connectivity index (χ2v) is 9.74. The van der Waals surface area contributed by atoms with Gasteiger partial charge >= 0.3 is 0 Å². The Bertz CT molecular complexity index is 590. The van der Waals surface area contributed by atoms with E-state index >= 15 is 0 Å². The highest BCUT2D eigenvalue weighted by atomic mass is 32.2. The molecule has 0 amide bonds. The Labute approximate surface area is 166 Å². The zero-order chi connectivity index (χ0) is 19.1. The Morgan fingerprint density at radius 2 is 1.81 bits per heavy atom. The number of rotatable bonds is 8. The van der Waals surface area contributed by atoms with E-state index in [9.17, 15) is 4.21 Å². The fraction of sp³-hybridized carbons (Fsp3) is 0.714. The molecule has 1 aromatic carbocycles. The third-order valence-corrected chi connectivity index (χ3v) is 6.97. The first-order chi connectivity index (χ1) is 13.1. The zero-order valence-corrected chi connectivity index (χ0v) is 17.6. The maximum absolute atomic E-state index is 11.4. The van der Waals surface area contributed by atoms with Crippen LogP contribution in [-0.2, 0) is 21.0 Å². The van der Waals surface area contributed by atoms with Crippen LogP contribution in [0.1, 0.15) is 24.8 Å². The molecule has 5 nitrogen and oxygen atoms in total. The third-order valence-electron chi connectivity index (χ3n) is 5.69. The highest BCUT2D eigenvalue weighted by Crippen LogP contribution is 2.36. The van der Waals surface area contributed by atoms with E-state index in [0.29, 0.717) is 0 Å². The van der Waals surface area contributed by atoms with E-state index in [1.54, 1.807) is 0 Å². The third kappa shape index (κ3) is 6.01. The second-order valence-electron chi connectivity index (χ2n) is 8.05. The van der Waals surface area contributed by atoms with E-state index in [4.69, 9.17) is 9.47 Å². The van der Waals surface area contributed by atoms with Crippen molar-refractivity contribution < 1.29 is 13.7 Å². The predicted molar refractivity (Wildman–Crippen MR) is 111 cm³/mol. The minimum Gasteiger partial charge on any atom is -0.494 e. The van der Waals surface area contributed by atoms with Crippen LogP contribution >= 0.6 is 0 Å². The van der Waals surface area contributed by atoms with Crippen LogP contribution in [0.2, 0.25) is 0 Å². The first-order valence-electron chi connectivity index (χ1n) is 10.1. The largest absolute Gasteiger partial charge is 0.494 e. The van der Waals surface area contributed by atoms with Gasteiger partial charge < -0.3 is 19.3 Å². The van der Waals surface area contributed by atoms with Crippen LogP contribution < -0.4 is 4.74 Å². The lowest BCUT2D eigenvalue weighted by molar-refractivity contribution is 0.0401. The van der Waals surface area contributed by atoms with Crippen molar-refractivity contribution in [3.63, 3.8) is 0 Å². The van der Waals surface area contributed by atoms with Gasteiger partial charge in [-0.1, -0.05) is 12.1 Å². The Hall–Kier alpha value is -0.950. The van der Waals surface area contributed by atoms with E-state index in [2.05, 4.69) is 48.2 Å². The summed E-state index contributed by atoms with van der Waals surface area (Å²) in [6.45, 7) is 6.42. The van der Waals surface area contributed by atoms with Crippen LogP contribution in [-0.4, -0.2) is 85.6 Å². The van der Waals surface area contributed by atoms with Gasteiger partial charge in [0.1, 0.15) is 5.75 Å². The van der Waals surface area contributed by atoms with Gasteiger partial charge in [0.05, 0.1) is 6.61 Å². The number of benzene rings is 1. The molecule has 3 rings (SSSR count). The number of likely N-dealkylation sites (N-methyl/N-ethyl adjacent to an activating group) is 1. The molecule has 0 spiro atoms. The van der Waals surface area contributed by atoms with E-state index < -0.39 is 10.8 Å². The molecule has 0 N–H and O–H groups in total. The quantitative estimate of drug-likeness (QED) is 0.632. The Balaban J connectivity index is 1.48. The topological polar surface area (TPSA) is 42.0 Å². The van der Waals surface area contributed by atoms with Gasteiger partial charge in [-0.15, -0.1) is 0 Å². The lowest BCUT2D eigenvalue weighted by atomic mass is 9.74. The van der Waals surface area contributed by atoms with Gasteiger partial charge in [0.15, 0.2) is 0 Å². The Morgan fingerprint density at radius 3 is 2.44 bits per heavy atom. The lowest BCUT2D eigenvalue weighted by Crippen LogP contribution is -2.42. The molecule has 0 unspecified atom stereocenters. The summed E-state index contributed by atoms with van der Waals surface area (Å²) in [5, 5.41) is 0. The van der Waals surface area contributed by atoms with Crippen LogP contribution in [0.15, 0.2) is 24.3 Å². The summed E-state index contributed by atoms with van der Waals surface area (Å²) in [5.74, 6) is 2.59. The maximum atomic E-state index is 11.4. The molecule has 152 valence electrons. The number of hydrogen-bond acceptors (Lipinski definition) is 5. The van der Waals surface area contributed by atoms with Gasteiger partial charge in [-0.3, -0.25) is 4.21 Å². The highest BCUT2D eigenvalue weighted by molar-refractivity contribution is 7.85. The van der Waals surface area contributed by atoms with Crippen molar-refractivity contribution in [3.8, 4) is 5.75 Å². The molecule has 0 radical (unpaired) electrons. The average Bonchev–Trinajstić information content (AvgIpc) is 2.67. The Morgan fingerprint density at radius 1 is 1.15 bits per heavy atom. The summed E-state index contributed by atoms with van der Waals surface area (Å²) in [5.41, 5.74) is 1.59.